The summed E-state index contributed by atoms with van der Waals surface area (Å²) in [6.45, 7) is 5.47. The molecule has 8 nitrogen and oxygen atoms in total. The number of aryl methyl sites for hydroxylation is 2. The summed E-state index contributed by atoms with van der Waals surface area (Å²) in [5, 5.41) is 17.6. The predicted molar refractivity (Wildman–Crippen MR) is 122 cm³/mol. The topological polar surface area (TPSA) is 110 Å². The zero-order chi connectivity index (χ0) is 23.2. The van der Waals surface area contributed by atoms with Crippen molar-refractivity contribution in [3.8, 4) is 11.5 Å². The van der Waals surface area contributed by atoms with Gasteiger partial charge in [0.05, 0.1) is 17.1 Å². The molecule has 0 unspecified atom stereocenters. The van der Waals surface area contributed by atoms with Crippen LogP contribution < -0.4 is 10.7 Å². The van der Waals surface area contributed by atoms with E-state index in [4.69, 9.17) is 16.0 Å². The Bertz CT molecular complexity index is 1420. The fourth-order valence-corrected chi connectivity index (χ4v) is 3.84. The van der Waals surface area contributed by atoms with E-state index < -0.39 is 12.0 Å². The third-order valence-electron chi connectivity index (χ3n) is 5.24. The number of carbonyl (C=O) groups is 1. The minimum Gasteiger partial charge on any atom is -0.476 e. The van der Waals surface area contributed by atoms with Crippen LogP contribution in [0.2, 0.25) is 5.15 Å². The number of anilines is 1. The van der Waals surface area contributed by atoms with Crippen LogP contribution in [0.25, 0.3) is 22.4 Å². The van der Waals surface area contributed by atoms with Crippen LogP contribution in [0.1, 0.15) is 40.1 Å². The van der Waals surface area contributed by atoms with Crippen molar-refractivity contribution in [1.82, 2.24) is 14.8 Å². The summed E-state index contributed by atoms with van der Waals surface area (Å²) in [5.41, 5.74) is 3.03. The molecule has 0 radical (unpaired) electrons. The van der Waals surface area contributed by atoms with Gasteiger partial charge in [-0.1, -0.05) is 17.7 Å². The molecular formula is C23H21ClN4O4. The van der Waals surface area contributed by atoms with Gasteiger partial charge in [-0.3, -0.25) is 9.48 Å². The highest BCUT2D eigenvalue weighted by molar-refractivity contribution is 6.29. The summed E-state index contributed by atoms with van der Waals surface area (Å²) < 4.78 is 7.88. The van der Waals surface area contributed by atoms with Gasteiger partial charge in [-0.15, -0.1) is 0 Å². The molecule has 0 aliphatic carbocycles. The van der Waals surface area contributed by atoms with Gasteiger partial charge in [-0.05, 0) is 50.6 Å². The smallest absolute Gasteiger partial charge is 0.356 e. The number of carboxylic acids is 1. The zero-order valence-electron chi connectivity index (χ0n) is 17.9. The average molecular weight is 453 g/mol. The second-order valence-corrected chi connectivity index (χ2v) is 8.08. The van der Waals surface area contributed by atoms with Crippen LogP contribution in [0.3, 0.4) is 0 Å². The molecule has 4 rings (SSSR count). The molecular weight excluding hydrogens is 432 g/mol. The van der Waals surface area contributed by atoms with E-state index in [1.165, 1.54) is 6.07 Å². The molecule has 0 amide bonds. The average Bonchev–Trinajstić information content (AvgIpc) is 3.17. The lowest BCUT2D eigenvalue weighted by Crippen LogP contribution is -2.14. The number of pyridine rings is 1. The van der Waals surface area contributed by atoms with Gasteiger partial charge in [-0.25, -0.2) is 9.78 Å². The first-order valence-corrected chi connectivity index (χ1v) is 10.3. The van der Waals surface area contributed by atoms with Crippen LogP contribution in [0.15, 0.2) is 45.7 Å². The van der Waals surface area contributed by atoms with E-state index in [1.807, 2.05) is 19.9 Å². The second-order valence-electron chi connectivity index (χ2n) is 7.69. The Morgan fingerprint density at radius 2 is 2.00 bits per heavy atom. The lowest BCUT2D eigenvalue weighted by molar-refractivity contribution is 0.0691. The van der Waals surface area contributed by atoms with E-state index in [2.05, 4.69) is 15.4 Å². The number of carboxylic acid groups (broad SMARTS) is 1. The molecule has 32 heavy (non-hydrogen) atoms. The monoisotopic (exact) mass is 452 g/mol. The summed E-state index contributed by atoms with van der Waals surface area (Å²) in [4.78, 5) is 28.7. The third-order valence-corrected chi connectivity index (χ3v) is 5.45. The minimum atomic E-state index is -1.20. The Morgan fingerprint density at radius 3 is 2.66 bits per heavy atom. The Morgan fingerprint density at radius 1 is 1.25 bits per heavy atom. The second kappa shape index (κ2) is 8.12. The van der Waals surface area contributed by atoms with E-state index in [1.54, 1.807) is 43.0 Å². The largest absolute Gasteiger partial charge is 0.476 e. The van der Waals surface area contributed by atoms with Crippen molar-refractivity contribution in [2.45, 2.75) is 26.8 Å². The highest BCUT2D eigenvalue weighted by Crippen LogP contribution is 2.32. The standard InChI is InChI=1S/C23H21ClN4O4/c1-11-9-14(13(3)25-16-5-6-18(24)26-19(16)23(30)31)22-15(10-11)20(29)12(2)21(32-22)17-7-8-28(4)27-17/h5-10,13,25H,1-4H3,(H,30,31)/t13-/m1/s1. The molecule has 164 valence electrons. The molecule has 0 spiro atoms. The molecule has 4 aromatic rings. The van der Waals surface area contributed by atoms with E-state index in [0.717, 1.165) is 5.56 Å². The third kappa shape index (κ3) is 3.85. The molecule has 9 heteroatoms. The number of nitrogens with one attached hydrogen (secondary N) is 1. The highest BCUT2D eigenvalue weighted by Gasteiger charge is 2.21. The first-order valence-electron chi connectivity index (χ1n) is 9.90. The van der Waals surface area contributed by atoms with Crippen molar-refractivity contribution in [3.63, 3.8) is 0 Å². The van der Waals surface area contributed by atoms with Crippen molar-refractivity contribution in [2.24, 2.45) is 7.05 Å². The Labute approximate surface area is 188 Å². The van der Waals surface area contributed by atoms with Gasteiger partial charge in [0.2, 0.25) is 0 Å². The van der Waals surface area contributed by atoms with Gasteiger partial charge in [0.1, 0.15) is 16.4 Å². The number of aromatic nitrogens is 3. The lowest BCUT2D eigenvalue weighted by Gasteiger charge is -2.19. The van der Waals surface area contributed by atoms with Crippen LogP contribution in [-0.2, 0) is 7.05 Å². The SMILES string of the molecule is Cc1cc([C@@H](C)Nc2ccc(Cl)nc2C(=O)O)c2oc(-c3ccn(C)n3)c(C)c(=O)c2c1. The molecule has 1 aromatic carbocycles. The van der Waals surface area contributed by atoms with Gasteiger partial charge in [0.25, 0.3) is 0 Å². The Balaban J connectivity index is 1.88. The van der Waals surface area contributed by atoms with Crippen LogP contribution in [0, 0.1) is 13.8 Å². The first-order chi connectivity index (χ1) is 15.2. The zero-order valence-corrected chi connectivity index (χ0v) is 18.7. The molecule has 2 N–H and O–H groups in total. The van der Waals surface area contributed by atoms with E-state index in [-0.39, 0.29) is 16.3 Å². The highest BCUT2D eigenvalue weighted by atomic mass is 35.5. The van der Waals surface area contributed by atoms with Gasteiger partial charge < -0.3 is 14.8 Å². The van der Waals surface area contributed by atoms with Crippen molar-refractivity contribution >= 4 is 34.2 Å². The number of aromatic carboxylic acids is 1. The van der Waals surface area contributed by atoms with Gasteiger partial charge in [0, 0.05) is 24.4 Å². The van der Waals surface area contributed by atoms with Crippen LogP contribution in [-0.4, -0.2) is 25.8 Å². The molecule has 0 aliphatic heterocycles. The number of rotatable bonds is 5. The lowest BCUT2D eigenvalue weighted by atomic mass is 9.99. The first kappa shape index (κ1) is 21.6. The molecule has 0 saturated heterocycles. The maximum absolute atomic E-state index is 13.2. The number of hydrogen-bond acceptors (Lipinski definition) is 6. The summed E-state index contributed by atoms with van der Waals surface area (Å²) in [5.74, 6) is -0.796. The van der Waals surface area contributed by atoms with Crippen molar-refractivity contribution in [2.75, 3.05) is 5.32 Å². The molecule has 0 bridgehead atoms. The Kier molecular flexibility index (Phi) is 5.48. The molecule has 0 fully saturated rings. The quantitative estimate of drug-likeness (QED) is 0.421. The summed E-state index contributed by atoms with van der Waals surface area (Å²) in [7, 11) is 1.79. The molecule has 1 atom stereocenters. The predicted octanol–water partition coefficient (Wildman–Crippen LogP) is 4.73. The summed E-state index contributed by atoms with van der Waals surface area (Å²) in [6, 6.07) is 8.16. The Hall–Kier alpha value is -3.65. The van der Waals surface area contributed by atoms with Gasteiger partial charge >= 0.3 is 5.97 Å². The number of hydrogen-bond donors (Lipinski definition) is 2. The van der Waals surface area contributed by atoms with E-state index >= 15 is 0 Å². The fourth-order valence-electron chi connectivity index (χ4n) is 3.70. The maximum Gasteiger partial charge on any atom is 0.356 e. The van der Waals surface area contributed by atoms with Crippen molar-refractivity contribution < 1.29 is 14.3 Å². The van der Waals surface area contributed by atoms with Crippen LogP contribution in [0.5, 0.6) is 0 Å². The van der Waals surface area contributed by atoms with Crippen LogP contribution >= 0.6 is 11.6 Å². The van der Waals surface area contributed by atoms with Gasteiger partial charge in [0.15, 0.2) is 16.9 Å². The number of nitrogens with zero attached hydrogens (tertiary/aromatic N) is 3. The van der Waals surface area contributed by atoms with E-state index in [9.17, 15) is 14.7 Å². The van der Waals surface area contributed by atoms with Crippen LogP contribution in [0.4, 0.5) is 5.69 Å². The molecule has 3 aromatic heterocycles. The number of benzene rings is 1. The number of fused-ring (bicyclic) bond motifs is 1. The fraction of sp³-hybridized carbons (Fsp3) is 0.217. The van der Waals surface area contributed by atoms with Crippen molar-refractivity contribution in [1.29, 1.82) is 0 Å². The number of halogens is 1. The molecule has 0 saturated carbocycles. The molecule has 0 aliphatic rings. The molecule has 3 heterocycles. The minimum absolute atomic E-state index is 0.0862. The van der Waals surface area contributed by atoms with Gasteiger partial charge in [-0.2, -0.15) is 5.10 Å². The summed E-state index contributed by atoms with van der Waals surface area (Å²) in [6.07, 6.45) is 1.78. The van der Waals surface area contributed by atoms with Crippen molar-refractivity contribution in [3.05, 3.63) is 74.3 Å². The van der Waals surface area contributed by atoms with E-state index in [0.29, 0.717) is 39.2 Å². The normalized spacial score (nSPS) is 12.2. The summed E-state index contributed by atoms with van der Waals surface area (Å²) >= 11 is 5.86. The maximum atomic E-state index is 13.2.